The van der Waals surface area contributed by atoms with Gasteiger partial charge in [-0.3, -0.25) is 4.79 Å². The molecule has 21 heavy (non-hydrogen) atoms. The van der Waals surface area contributed by atoms with Gasteiger partial charge in [0.25, 0.3) is 0 Å². The van der Waals surface area contributed by atoms with Crippen molar-refractivity contribution in [1.29, 1.82) is 0 Å². The highest BCUT2D eigenvalue weighted by atomic mass is 16.2. The smallest absolute Gasteiger partial charge is 0.224 e. The Hall–Kier alpha value is -2.13. The van der Waals surface area contributed by atoms with Gasteiger partial charge in [-0.1, -0.05) is 36.4 Å². The van der Waals surface area contributed by atoms with Crippen LogP contribution in [0.5, 0.6) is 0 Å². The third-order valence-corrected chi connectivity index (χ3v) is 3.52. The monoisotopic (exact) mass is 283 g/mol. The van der Waals surface area contributed by atoms with Crippen LogP contribution >= 0.6 is 0 Å². The molecule has 0 saturated carbocycles. The standard InChI is InChI=1S/C18H21NO2/c1-14-4-2-3-5-16(14)8-11-18(21)19-17-9-6-15(7-10-17)12-13-20/h2-7,9-10,20H,8,11-13H2,1H3,(H,19,21). The van der Waals surface area contributed by atoms with Gasteiger partial charge in [0.05, 0.1) is 0 Å². The lowest BCUT2D eigenvalue weighted by Crippen LogP contribution is -2.12. The third kappa shape index (κ3) is 4.72. The number of aliphatic hydroxyl groups excluding tert-OH is 1. The zero-order valence-corrected chi connectivity index (χ0v) is 12.3. The first-order chi connectivity index (χ1) is 10.2. The number of hydrogen-bond donors (Lipinski definition) is 2. The summed E-state index contributed by atoms with van der Waals surface area (Å²) in [7, 11) is 0. The largest absolute Gasteiger partial charge is 0.396 e. The number of hydrogen-bond acceptors (Lipinski definition) is 2. The highest BCUT2D eigenvalue weighted by molar-refractivity contribution is 5.90. The lowest BCUT2D eigenvalue weighted by Gasteiger charge is -2.08. The molecule has 2 aromatic carbocycles. The van der Waals surface area contributed by atoms with Crippen LogP contribution in [0, 0.1) is 6.92 Å². The number of carbonyl (C=O) groups excluding carboxylic acids is 1. The van der Waals surface area contributed by atoms with E-state index >= 15 is 0 Å². The van der Waals surface area contributed by atoms with E-state index in [1.807, 2.05) is 36.4 Å². The lowest BCUT2D eigenvalue weighted by atomic mass is 10.0. The van der Waals surface area contributed by atoms with Crippen molar-refractivity contribution in [3.8, 4) is 0 Å². The van der Waals surface area contributed by atoms with E-state index in [9.17, 15) is 4.79 Å². The first kappa shape index (κ1) is 15.3. The summed E-state index contributed by atoms with van der Waals surface area (Å²) in [6.07, 6.45) is 1.87. The average Bonchev–Trinajstić information content (AvgIpc) is 2.49. The normalized spacial score (nSPS) is 10.4. The summed E-state index contributed by atoms with van der Waals surface area (Å²) in [4.78, 5) is 12.0. The summed E-state index contributed by atoms with van der Waals surface area (Å²) >= 11 is 0. The van der Waals surface area contributed by atoms with Crippen LogP contribution in [0.2, 0.25) is 0 Å². The number of aliphatic hydroxyl groups is 1. The lowest BCUT2D eigenvalue weighted by molar-refractivity contribution is -0.116. The number of anilines is 1. The summed E-state index contributed by atoms with van der Waals surface area (Å²) in [6, 6.07) is 15.7. The Balaban J connectivity index is 1.85. The molecule has 110 valence electrons. The molecule has 2 aromatic rings. The fourth-order valence-electron chi connectivity index (χ4n) is 2.25. The van der Waals surface area contributed by atoms with Gasteiger partial charge in [0.2, 0.25) is 5.91 Å². The Morgan fingerprint density at radius 3 is 2.43 bits per heavy atom. The summed E-state index contributed by atoms with van der Waals surface area (Å²) in [6.45, 7) is 2.20. The van der Waals surface area contributed by atoms with Gasteiger partial charge in [0.1, 0.15) is 0 Å². The molecule has 0 aliphatic rings. The van der Waals surface area contributed by atoms with Gasteiger partial charge in [-0.05, 0) is 48.6 Å². The van der Waals surface area contributed by atoms with E-state index in [2.05, 4.69) is 24.4 Å². The van der Waals surface area contributed by atoms with Gasteiger partial charge < -0.3 is 10.4 Å². The molecular weight excluding hydrogens is 262 g/mol. The second-order valence-corrected chi connectivity index (χ2v) is 5.15. The number of amides is 1. The molecule has 0 aliphatic heterocycles. The van der Waals surface area contributed by atoms with Crippen LogP contribution in [0.3, 0.4) is 0 Å². The fraction of sp³-hybridized carbons (Fsp3) is 0.278. The van der Waals surface area contributed by atoms with Gasteiger partial charge >= 0.3 is 0 Å². The molecule has 0 fully saturated rings. The van der Waals surface area contributed by atoms with Crippen LogP contribution < -0.4 is 5.32 Å². The molecular formula is C18H21NO2. The predicted octanol–water partition coefficient (Wildman–Crippen LogP) is 3.10. The minimum absolute atomic E-state index is 0.0214. The van der Waals surface area contributed by atoms with Crippen molar-refractivity contribution in [2.24, 2.45) is 0 Å². The molecule has 3 heteroatoms. The van der Waals surface area contributed by atoms with E-state index < -0.39 is 0 Å². The second kappa shape index (κ2) is 7.60. The molecule has 1 amide bonds. The van der Waals surface area contributed by atoms with Crippen LogP contribution in [0.15, 0.2) is 48.5 Å². The molecule has 0 unspecified atom stereocenters. The molecule has 0 bridgehead atoms. The van der Waals surface area contributed by atoms with Gasteiger partial charge in [-0.25, -0.2) is 0 Å². The van der Waals surface area contributed by atoms with Gasteiger partial charge in [0, 0.05) is 18.7 Å². The van der Waals surface area contributed by atoms with E-state index in [-0.39, 0.29) is 12.5 Å². The van der Waals surface area contributed by atoms with Crippen LogP contribution in [-0.4, -0.2) is 17.6 Å². The van der Waals surface area contributed by atoms with Crippen molar-refractivity contribution in [3.05, 3.63) is 65.2 Å². The average molecular weight is 283 g/mol. The minimum atomic E-state index is 0.0214. The van der Waals surface area contributed by atoms with Crippen LogP contribution in [0.4, 0.5) is 5.69 Å². The van der Waals surface area contributed by atoms with Crippen molar-refractivity contribution in [1.82, 2.24) is 0 Å². The number of aryl methyl sites for hydroxylation is 2. The Labute approximate surface area is 125 Å². The number of nitrogens with one attached hydrogen (secondary N) is 1. The van der Waals surface area contributed by atoms with E-state index in [0.29, 0.717) is 12.8 Å². The van der Waals surface area contributed by atoms with E-state index in [0.717, 1.165) is 17.7 Å². The summed E-state index contributed by atoms with van der Waals surface area (Å²) in [5, 5.41) is 11.8. The second-order valence-electron chi connectivity index (χ2n) is 5.15. The van der Waals surface area contributed by atoms with Crippen molar-refractivity contribution in [3.63, 3.8) is 0 Å². The molecule has 3 nitrogen and oxygen atoms in total. The van der Waals surface area contributed by atoms with Gasteiger partial charge in [0.15, 0.2) is 0 Å². The van der Waals surface area contributed by atoms with Crippen LogP contribution in [-0.2, 0) is 17.6 Å². The van der Waals surface area contributed by atoms with Crippen LogP contribution in [0.25, 0.3) is 0 Å². The van der Waals surface area contributed by atoms with Crippen molar-refractivity contribution in [2.75, 3.05) is 11.9 Å². The van der Waals surface area contributed by atoms with Gasteiger partial charge in [-0.15, -0.1) is 0 Å². The zero-order chi connectivity index (χ0) is 15.1. The molecule has 2 N–H and O–H groups in total. The number of benzene rings is 2. The van der Waals surface area contributed by atoms with Gasteiger partial charge in [-0.2, -0.15) is 0 Å². The maximum atomic E-state index is 12.0. The Morgan fingerprint density at radius 1 is 1.05 bits per heavy atom. The summed E-state index contributed by atoms with van der Waals surface area (Å²) < 4.78 is 0. The topological polar surface area (TPSA) is 49.3 Å². The summed E-state index contributed by atoms with van der Waals surface area (Å²) in [5.74, 6) is 0.0214. The Morgan fingerprint density at radius 2 is 1.76 bits per heavy atom. The number of rotatable bonds is 6. The van der Waals surface area contributed by atoms with Crippen molar-refractivity contribution < 1.29 is 9.90 Å². The predicted molar refractivity (Wildman–Crippen MR) is 85.4 cm³/mol. The molecule has 0 aromatic heterocycles. The molecule has 0 saturated heterocycles. The fourth-order valence-corrected chi connectivity index (χ4v) is 2.25. The molecule has 0 aliphatic carbocycles. The maximum absolute atomic E-state index is 12.0. The Bertz CT molecular complexity index is 590. The highest BCUT2D eigenvalue weighted by Gasteiger charge is 2.04. The zero-order valence-electron chi connectivity index (χ0n) is 12.3. The highest BCUT2D eigenvalue weighted by Crippen LogP contribution is 2.12. The number of carbonyl (C=O) groups is 1. The molecule has 2 rings (SSSR count). The van der Waals surface area contributed by atoms with E-state index in [4.69, 9.17) is 5.11 Å². The quantitative estimate of drug-likeness (QED) is 0.856. The SMILES string of the molecule is Cc1ccccc1CCC(=O)Nc1ccc(CCO)cc1. The maximum Gasteiger partial charge on any atom is 0.224 e. The summed E-state index contributed by atoms with van der Waals surface area (Å²) in [5.41, 5.74) is 4.30. The Kier molecular flexibility index (Phi) is 5.52. The molecule has 0 spiro atoms. The molecule has 0 atom stereocenters. The minimum Gasteiger partial charge on any atom is -0.396 e. The van der Waals surface area contributed by atoms with Crippen molar-refractivity contribution in [2.45, 2.75) is 26.2 Å². The first-order valence-electron chi connectivity index (χ1n) is 7.23. The third-order valence-electron chi connectivity index (χ3n) is 3.52. The molecule has 0 heterocycles. The van der Waals surface area contributed by atoms with Crippen molar-refractivity contribution >= 4 is 11.6 Å². The molecule has 0 radical (unpaired) electrons. The van der Waals surface area contributed by atoms with E-state index in [1.54, 1.807) is 0 Å². The first-order valence-corrected chi connectivity index (χ1v) is 7.23. The van der Waals surface area contributed by atoms with Crippen LogP contribution in [0.1, 0.15) is 23.1 Å². The van der Waals surface area contributed by atoms with E-state index in [1.165, 1.54) is 11.1 Å².